The number of morpholine rings is 1. The van der Waals surface area contributed by atoms with Gasteiger partial charge in [0, 0.05) is 30.0 Å². The Morgan fingerprint density at radius 2 is 2.03 bits per heavy atom. The van der Waals surface area contributed by atoms with E-state index in [9.17, 15) is 14.7 Å². The third-order valence-electron chi connectivity index (χ3n) is 5.82. The Labute approximate surface area is 200 Å². The molecule has 1 saturated heterocycles. The molecule has 5 aromatic rings. The normalized spacial score (nSPS) is 17.3. The maximum absolute atomic E-state index is 13.3. The minimum absolute atomic E-state index is 0.0677. The van der Waals surface area contributed by atoms with Gasteiger partial charge in [-0.2, -0.15) is 4.37 Å². The van der Waals surface area contributed by atoms with Crippen molar-refractivity contribution < 1.29 is 14.6 Å². The van der Waals surface area contributed by atoms with E-state index in [4.69, 9.17) is 10.5 Å². The van der Waals surface area contributed by atoms with Gasteiger partial charge in [-0.3, -0.25) is 19.5 Å². The van der Waals surface area contributed by atoms with Crippen LogP contribution in [0.4, 0.5) is 11.6 Å². The third-order valence-corrected chi connectivity index (χ3v) is 6.72. The quantitative estimate of drug-likeness (QED) is 0.335. The number of ether oxygens (including phenoxy) is 1. The summed E-state index contributed by atoms with van der Waals surface area (Å²) in [6.45, 7) is 0.440. The van der Waals surface area contributed by atoms with E-state index >= 15 is 0 Å². The summed E-state index contributed by atoms with van der Waals surface area (Å²) < 4.78 is 11.9. The number of hydrogen-bond donors (Lipinski definition) is 3. The van der Waals surface area contributed by atoms with E-state index in [1.165, 1.54) is 4.90 Å². The van der Waals surface area contributed by atoms with Gasteiger partial charge in [0.15, 0.2) is 11.9 Å². The number of nitrogens with one attached hydrogen (secondary N) is 1. The lowest BCUT2D eigenvalue weighted by atomic mass is 10.1. The van der Waals surface area contributed by atoms with Crippen molar-refractivity contribution in [3.05, 3.63) is 65.1 Å². The minimum Gasteiger partial charge on any atom is -0.382 e. The number of rotatable bonds is 4. The molecule has 12 nitrogen and oxygen atoms in total. The van der Waals surface area contributed by atoms with Crippen LogP contribution in [0.25, 0.3) is 26.7 Å². The van der Waals surface area contributed by atoms with E-state index in [1.807, 2.05) is 0 Å². The molecule has 0 spiro atoms. The fourth-order valence-corrected chi connectivity index (χ4v) is 4.95. The Bertz CT molecular complexity index is 1630. The van der Waals surface area contributed by atoms with E-state index in [-0.39, 0.29) is 19.0 Å². The Kier molecular flexibility index (Phi) is 5.02. The largest absolute Gasteiger partial charge is 0.382 e. The molecular weight excluding hydrogens is 472 g/mol. The molecule has 1 aliphatic heterocycles. The Hall–Kier alpha value is -4.20. The molecule has 13 heteroatoms. The number of fused-ring (bicyclic) bond motifs is 3. The summed E-state index contributed by atoms with van der Waals surface area (Å²) in [5.74, 6) is 0.194. The number of nitrogen functional groups attached to an aromatic ring is 1. The zero-order valence-electron chi connectivity index (χ0n) is 18.0. The number of pyridine rings is 1. The molecule has 4 aromatic heterocycles. The fourth-order valence-electron chi connectivity index (χ4n) is 4.10. The average Bonchev–Trinajstić information content (AvgIpc) is 3.51. The van der Waals surface area contributed by atoms with Crippen LogP contribution in [0.5, 0.6) is 0 Å². The minimum atomic E-state index is -1.49. The molecule has 1 fully saturated rings. The fraction of sp³-hybridized carbons (Fsp3) is 0.182. The number of nitrogens with zero attached hydrogens (tertiary/aromatic N) is 6. The number of aromatic amines is 1. The lowest BCUT2D eigenvalue weighted by Crippen LogP contribution is -2.50. The number of aliphatic hydroxyl groups excluding tert-OH is 1. The van der Waals surface area contributed by atoms with E-state index in [0.717, 1.165) is 17.2 Å². The number of carbonyl (C=O) groups excluding carboxylic acids is 1. The van der Waals surface area contributed by atoms with Crippen LogP contribution < -0.4 is 16.2 Å². The van der Waals surface area contributed by atoms with Crippen LogP contribution in [-0.4, -0.2) is 59.4 Å². The van der Waals surface area contributed by atoms with Gasteiger partial charge in [-0.1, -0.05) is 0 Å². The zero-order valence-corrected chi connectivity index (χ0v) is 18.8. The first-order chi connectivity index (χ1) is 17.0. The van der Waals surface area contributed by atoms with Gasteiger partial charge in [0.1, 0.15) is 17.7 Å². The van der Waals surface area contributed by atoms with Crippen molar-refractivity contribution in [2.24, 2.45) is 0 Å². The van der Waals surface area contributed by atoms with Crippen LogP contribution in [0, 0.1) is 0 Å². The molecule has 0 aliphatic carbocycles. The second-order valence-electron chi connectivity index (χ2n) is 7.91. The summed E-state index contributed by atoms with van der Waals surface area (Å²) >= 11 is 1.10. The first kappa shape index (κ1) is 21.3. The van der Waals surface area contributed by atoms with Crippen LogP contribution in [0.2, 0.25) is 0 Å². The number of hydrogen-bond acceptors (Lipinski definition) is 10. The molecule has 0 saturated carbocycles. The summed E-state index contributed by atoms with van der Waals surface area (Å²) in [4.78, 5) is 38.6. The molecule has 6 rings (SSSR count). The van der Waals surface area contributed by atoms with Crippen LogP contribution in [0.3, 0.4) is 0 Å². The van der Waals surface area contributed by atoms with E-state index in [2.05, 4.69) is 24.4 Å². The molecular formula is C22H18N8O4S. The lowest BCUT2D eigenvalue weighted by molar-refractivity contribution is -0.143. The summed E-state index contributed by atoms with van der Waals surface area (Å²) in [5, 5.41) is 16.5. The molecule has 1 aromatic carbocycles. The van der Waals surface area contributed by atoms with E-state index < -0.39 is 23.7 Å². The van der Waals surface area contributed by atoms with Gasteiger partial charge in [-0.15, -0.1) is 5.10 Å². The Morgan fingerprint density at radius 3 is 2.86 bits per heavy atom. The highest BCUT2D eigenvalue weighted by Crippen LogP contribution is 2.30. The third kappa shape index (κ3) is 3.53. The lowest BCUT2D eigenvalue weighted by Gasteiger charge is -2.32. The highest BCUT2D eigenvalue weighted by Gasteiger charge is 2.38. The van der Waals surface area contributed by atoms with E-state index in [1.54, 1.807) is 53.6 Å². The predicted octanol–water partition coefficient (Wildman–Crippen LogP) is 1.16. The van der Waals surface area contributed by atoms with Crippen LogP contribution >= 0.6 is 11.5 Å². The molecule has 1 amide bonds. The Balaban J connectivity index is 1.31. The van der Waals surface area contributed by atoms with Gasteiger partial charge < -0.3 is 20.6 Å². The van der Waals surface area contributed by atoms with Crippen LogP contribution in [0.15, 0.2) is 53.7 Å². The van der Waals surface area contributed by atoms with Crippen LogP contribution in [-0.2, 0) is 9.53 Å². The molecule has 176 valence electrons. The van der Waals surface area contributed by atoms with Crippen molar-refractivity contribution in [1.29, 1.82) is 0 Å². The van der Waals surface area contributed by atoms with Crippen molar-refractivity contribution in [3.63, 3.8) is 0 Å². The van der Waals surface area contributed by atoms with Gasteiger partial charge in [0.25, 0.3) is 11.5 Å². The Morgan fingerprint density at radius 1 is 1.20 bits per heavy atom. The summed E-state index contributed by atoms with van der Waals surface area (Å²) in [6.07, 6.45) is 2.27. The molecule has 1 aliphatic rings. The van der Waals surface area contributed by atoms with Gasteiger partial charge >= 0.3 is 0 Å². The monoisotopic (exact) mass is 490 g/mol. The maximum Gasteiger partial charge on any atom is 0.260 e. The highest BCUT2D eigenvalue weighted by atomic mass is 32.1. The van der Waals surface area contributed by atoms with Crippen molar-refractivity contribution in [3.8, 4) is 5.69 Å². The van der Waals surface area contributed by atoms with Crippen LogP contribution in [0.1, 0.15) is 11.9 Å². The molecule has 0 radical (unpaired) electrons. The molecule has 2 atom stereocenters. The standard InChI is InChI=1S/C22H18N8O4S/c23-19-12-1-2-13-15(18(12)35-28-19)21(32)26-20(25-13)16(31)17-22(33)29(9-10-34-17)14-5-8-30(27-14)11-3-6-24-7-4-11/h1-8,16-17,31H,9-10H2,(H2,23,28)(H,25,26,32). The number of aliphatic hydroxyl groups is 1. The van der Waals surface area contributed by atoms with Gasteiger partial charge in [-0.25, -0.2) is 9.67 Å². The summed E-state index contributed by atoms with van der Waals surface area (Å²) in [6, 6.07) is 8.65. The van der Waals surface area contributed by atoms with Crippen molar-refractivity contribution in [2.75, 3.05) is 23.8 Å². The topological polar surface area (TPSA) is 165 Å². The highest BCUT2D eigenvalue weighted by molar-refractivity contribution is 7.14. The SMILES string of the molecule is Nc1nsc2c1ccc1nc(C(O)C3OCCN(c4ccn(-c5ccncc5)n4)C3=O)[nH]c(=O)c12. The molecule has 0 bridgehead atoms. The van der Waals surface area contributed by atoms with Gasteiger partial charge in [0.2, 0.25) is 0 Å². The first-order valence-corrected chi connectivity index (χ1v) is 11.4. The zero-order chi connectivity index (χ0) is 24.1. The van der Waals surface area contributed by atoms with Crippen molar-refractivity contribution >= 4 is 50.1 Å². The number of amides is 1. The van der Waals surface area contributed by atoms with Gasteiger partial charge in [-0.05, 0) is 35.8 Å². The van der Waals surface area contributed by atoms with Gasteiger partial charge in [0.05, 0.1) is 34.4 Å². The maximum atomic E-state index is 13.3. The number of anilines is 2. The first-order valence-electron chi connectivity index (χ1n) is 10.7. The van der Waals surface area contributed by atoms with Crippen molar-refractivity contribution in [1.82, 2.24) is 29.1 Å². The number of carbonyl (C=O) groups is 1. The molecule has 5 heterocycles. The van der Waals surface area contributed by atoms with Crippen molar-refractivity contribution in [2.45, 2.75) is 12.2 Å². The smallest absolute Gasteiger partial charge is 0.260 e. The molecule has 2 unspecified atom stereocenters. The molecule has 35 heavy (non-hydrogen) atoms. The number of aromatic nitrogens is 6. The number of benzene rings is 1. The predicted molar refractivity (Wildman–Crippen MR) is 128 cm³/mol. The summed E-state index contributed by atoms with van der Waals surface area (Å²) in [7, 11) is 0. The summed E-state index contributed by atoms with van der Waals surface area (Å²) in [5.41, 5.74) is 6.55. The molecule has 4 N–H and O–H groups in total. The second kappa shape index (κ2) is 8.23. The van der Waals surface area contributed by atoms with E-state index in [0.29, 0.717) is 32.6 Å². The number of nitrogens with two attached hydrogens (primary N) is 1. The second-order valence-corrected chi connectivity index (χ2v) is 8.68. The average molecular weight is 491 g/mol. The number of H-pyrrole nitrogens is 1.